The molecule has 0 saturated heterocycles. The molecule has 1 aromatic heterocycles. The first kappa shape index (κ1) is 22.6. The summed E-state index contributed by atoms with van der Waals surface area (Å²) >= 11 is 0. The number of rotatable bonds is 7. The first-order valence-electron chi connectivity index (χ1n) is 10.6. The van der Waals surface area contributed by atoms with Gasteiger partial charge in [-0.3, -0.25) is 9.78 Å². The molecule has 4 aromatic rings. The van der Waals surface area contributed by atoms with E-state index in [4.69, 9.17) is 0 Å². The summed E-state index contributed by atoms with van der Waals surface area (Å²) in [5.74, 6) is -0.428. The number of nitrogens with one attached hydrogen (secondary N) is 2. The van der Waals surface area contributed by atoms with Gasteiger partial charge >= 0.3 is 0 Å². The van der Waals surface area contributed by atoms with Gasteiger partial charge < -0.3 is 5.32 Å². The fourth-order valence-electron chi connectivity index (χ4n) is 3.76. The molecule has 0 aliphatic rings. The second-order valence-corrected chi connectivity index (χ2v) is 9.68. The topological polar surface area (TPSA) is 88.2 Å². The molecular weight excluding hydrogens is 434 g/mol. The first-order valence-corrected chi connectivity index (χ1v) is 12.1. The third-order valence-electron chi connectivity index (χ3n) is 5.42. The Labute approximate surface area is 193 Å². The van der Waals surface area contributed by atoms with Crippen molar-refractivity contribution in [3.63, 3.8) is 0 Å². The van der Waals surface area contributed by atoms with Gasteiger partial charge in [-0.2, -0.15) is 4.72 Å². The van der Waals surface area contributed by atoms with Gasteiger partial charge in [0.15, 0.2) is 0 Å². The zero-order valence-corrected chi connectivity index (χ0v) is 19.3. The highest BCUT2D eigenvalue weighted by Gasteiger charge is 2.28. The van der Waals surface area contributed by atoms with Crippen molar-refractivity contribution in [1.82, 2.24) is 9.71 Å². The molecule has 1 amide bonds. The second-order valence-electron chi connectivity index (χ2n) is 8.00. The Balaban J connectivity index is 1.67. The number of hydrogen-bond donors (Lipinski definition) is 2. The number of carbonyl (C=O) groups excluding carboxylic acids is 1. The number of anilines is 1. The summed E-state index contributed by atoms with van der Waals surface area (Å²) in [5.41, 5.74) is 3.84. The lowest BCUT2D eigenvalue weighted by Gasteiger charge is -2.20. The van der Waals surface area contributed by atoms with E-state index in [1.54, 1.807) is 30.5 Å². The number of fused-ring (bicyclic) bond motifs is 1. The van der Waals surface area contributed by atoms with Gasteiger partial charge in [-0.25, -0.2) is 8.42 Å². The van der Waals surface area contributed by atoms with E-state index in [0.29, 0.717) is 16.6 Å². The average Bonchev–Trinajstić information content (AvgIpc) is 2.80. The normalized spacial score (nSPS) is 12.4. The van der Waals surface area contributed by atoms with Crippen molar-refractivity contribution in [2.75, 3.05) is 5.32 Å². The van der Waals surface area contributed by atoms with Gasteiger partial charge in [0.05, 0.1) is 5.52 Å². The largest absolute Gasteiger partial charge is 0.324 e. The smallest absolute Gasteiger partial charge is 0.243 e. The SMILES string of the molecule is Cc1ccc(NC(=O)[C@H](Cc2ccccc2)NS(=O)(=O)c2cccc3cccnc23)c(C)c1. The molecule has 2 N–H and O–H groups in total. The van der Waals surface area contributed by atoms with Crippen molar-refractivity contribution in [2.24, 2.45) is 0 Å². The van der Waals surface area contributed by atoms with Gasteiger partial charge in [-0.05, 0) is 49.6 Å². The van der Waals surface area contributed by atoms with Crippen molar-refractivity contribution in [3.05, 3.63) is 102 Å². The summed E-state index contributed by atoms with van der Waals surface area (Å²) in [6, 6.07) is 22.5. The molecule has 168 valence electrons. The number of aromatic nitrogens is 1. The van der Waals surface area contributed by atoms with E-state index in [0.717, 1.165) is 16.7 Å². The van der Waals surface area contributed by atoms with Crippen LogP contribution in [-0.4, -0.2) is 25.4 Å². The molecule has 1 atom stereocenters. The Morgan fingerprint density at radius 3 is 2.45 bits per heavy atom. The molecule has 0 aliphatic heterocycles. The van der Waals surface area contributed by atoms with Crippen LogP contribution in [0.25, 0.3) is 10.9 Å². The zero-order chi connectivity index (χ0) is 23.4. The maximum Gasteiger partial charge on any atom is 0.243 e. The van der Waals surface area contributed by atoms with Gasteiger partial charge in [0, 0.05) is 17.3 Å². The summed E-state index contributed by atoms with van der Waals surface area (Å²) in [4.78, 5) is 17.6. The number of hydrogen-bond acceptors (Lipinski definition) is 4. The summed E-state index contributed by atoms with van der Waals surface area (Å²) < 4.78 is 29.4. The highest BCUT2D eigenvalue weighted by molar-refractivity contribution is 7.89. The van der Waals surface area contributed by atoms with Crippen molar-refractivity contribution in [1.29, 1.82) is 0 Å². The number of benzene rings is 3. The fraction of sp³-hybridized carbons (Fsp3) is 0.154. The molecule has 0 spiro atoms. The molecule has 3 aromatic carbocycles. The number of aryl methyl sites for hydroxylation is 2. The summed E-state index contributed by atoms with van der Waals surface area (Å²) in [6.45, 7) is 3.88. The standard InChI is InChI=1S/C26H25N3O3S/c1-18-13-14-22(19(2)16-18)28-26(30)23(17-20-8-4-3-5-9-20)29-33(31,32)24-12-6-10-21-11-7-15-27-25(21)24/h3-16,23,29H,17H2,1-2H3,(H,28,30)/t23-/m0/s1. The van der Waals surface area contributed by atoms with Gasteiger partial charge in [-0.15, -0.1) is 0 Å². The summed E-state index contributed by atoms with van der Waals surface area (Å²) in [7, 11) is -4.03. The highest BCUT2D eigenvalue weighted by atomic mass is 32.2. The molecule has 6 nitrogen and oxygen atoms in total. The molecule has 0 bridgehead atoms. The number of nitrogens with zero attached hydrogens (tertiary/aromatic N) is 1. The molecular formula is C26H25N3O3S. The average molecular weight is 460 g/mol. The van der Waals surface area contributed by atoms with Crippen molar-refractivity contribution >= 4 is 32.5 Å². The molecule has 0 fully saturated rings. The molecule has 0 radical (unpaired) electrons. The minimum Gasteiger partial charge on any atom is -0.324 e. The minimum atomic E-state index is -4.03. The van der Waals surface area contributed by atoms with Crippen LogP contribution < -0.4 is 10.0 Å². The van der Waals surface area contributed by atoms with Crippen LogP contribution in [0.15, 0.2) is 90.0 Å². The third kappa shape index (κ3) is 5.27. The lowest BCUT2D eigenvalue weighted by Crippen LogP contribution is -2.45. The van der Waals surface area contributed by atoms with Gasteiger partial charge in [0.2, 0.25) is 15.9 Å². The van der Waals surface area contributed by atoms with Crippen LogP contribution in [0.3, 0.4) is 0 Å². The number of para-hydroxylation sites is 1. The summed E-state index contributed by atoms with van der Waals surface area (Å²) in [6.07, 6.45) is 1.75. The van der Waals surface area contributed by atoms with Crippen LogP contribution in [0, 0.1) is 13.8 Å². The Kier molecular flexibility index (Phi) is 6.53. The highest BCUT2D eigenvalue weighted by Crippen LogP contribution is 2.22. The van der Waals surface area contributed by atoms with Crippen LogP contribution in [0.1, 0.15) is 16.7 Å². The molecule has 0 saturated carbocycles. The Bertz CT molecular complexity index is 1400. The molecule has 4 rings (SSSR count). The van der Waals surface area contributed by atoms with E-state index < -0.39 is 22.0 Å². The van der Waals surface area contributed by atoms with Gasteiger partial charge in [0.25, 0.3) is 0 Å². The van der Waals surface area contributed by atoms with E-state index in [9.17, 15) is 13.2 Å². The third-order valence-corrected chi connectivity index (χ3v) is 6.92. The molecule has 0 unspecified atom stereocenters. The van der Waals surface area contributed by atoms with Crippen LogP contribution in [0.5, 0.6) is 0 Å². The van der Waals surface area contributed by atoms with E-state index in [1.807, 2.05) is 62.4 Å². The molecule has 33 heavy (non-hydrogen) atoms. The van der Waals surface area contributed by atoms with Crippen LogP contribution in [0.2, 0.25) is 0 Å². The van der Waals surface area contributed by atoms with Crippen LogP contribution in [0.4, 0.5) is 5.69 Å². The Hall–Kier alpha value is -3.55. The van der Waals surface area contributed by atoms with Crippen LogP contribution >= 0.6 is 0 Å². The molecule has 0 aliphatic carbocycles. The van der Waals surface area contributed by atoms with Crippen molar-refractivity contribution in [3.8, 4) is 0 Å². The number of sulfonamides is 1. The number of pyridine rings is 1. The minimum absolute atomic E-state index is 0.0398. The monoisotopic (exact) mass is 459 g/mol. The van der Waals surface area contributed by atoms with E-state index >= 15 is 0 Å². The van der Waals surface area contributed by atoms with Gasteiger partial charge in [0.1, 0.15) is 10.9 Å². The number of amides is 1. The molecule has 1 heterocycles. The van der Waals surface area contributed by atoms with E-state index in [-0.39, 0.29) is 11.3 Å². The quantitative estimate of drug-likeness (QED) is 0.429. The maximum absolute atomic E-state index is 13.4. The Morgan fingerprint density at radius 2 is 1.70 bits per heavy atom. The number of carbonyl (C=O) groups is 1. The Morgan fingerprint density at radius 1 is 0.939 bits per heavy atom. The predicted molar refractivity (Wildman–Crippen MR) is 131 cm³/mol. The van der Waals surface area contributed by atoms with Crippen LogP contribution in [-0.2, 0) is 21.2 Å². The second kappa shape index (κ2) is 9.52. The first-order chi connectivity index (χ1) is 15.8. The fourth-order valence-corrected chi connectivity index (χ4v) is 5.13. The lowest BCUT2D eigenvalue weighted by atomic mass is 10.1. The van der Waals surface area contributed by atoms with Gasteiger partial charge in [-0.1, -0.05) is 66.2 Å². The van der Waals surface area contributed by atoms with Crippen molar-refractivity contribution in [2.45, 2.75) is 31.2 Å². The zero-order valence-electron chi connectivity index (χ0n) is 18.4. The summed E-state index contributed by atoms with van der Waals surface area (Å²) in [5, 5.41) is 3.60. The molecule has 7 heteroatoms. The lowest BCUT2D eigenvalue weighted by molar-refractivity contribution is -0.117. The van der Waals surface area contributed by atoms with E-state index in [2.05, 4.69) is 15.0 Å². The van der Waals surface area contributed by atoms with E-state index in [1.165, 1.54) is 6.07 Å². The van der Waals surface area contributed by atoms with Crippen molar-refractivity contribution < 1.29 is 13.2 Å². The maximum atomic E-state index is 13.4. The predicted octanol–water partition coefficient (Wildman–Crippen LogP) is 4.38.